The summed E-state index contributed by atoms with van der Waals surface area (Å²) in [4.78, 5) is 0. The van der Waals surface area contributed by atoms with E-state index in [-0.39, 0.29) is 6.04 Å². The van der Waals surface area contributed by atoms with Crippen molar-refractivity contribution >= 4 is 33.0 Å². The number of fused-ring (bicyclic) bond motifs is 1. The summed E-state index contributed by atoms with van der Waals surface area (Å²) in [5, 5.41) is 4.26. The maximum Gasteiger partial charge on any atom is 0.0515 e. The molecule has 0 aliphatic carbocycles. The monoisotopic (exact) mass is 316 g/mol. The first kappa shape index (κ1) is 14.5. The van der Waals surface area contributed by atoms with Crippen molar-refractivity contribution in [2.75, 3.05) is 0 Å². The predicted molar refractivity (Wildman–Crippen MR) is 91.8 cm³/mol. The molecule has 4 heteroatoms. The smallest absolute Gasteiger partial charge is 0.0515 e. The van der Waals surface area contributed by atoms with Crippen LogP contribution < -0.4 is 11.3 Å². The molecular formula is C17H17ClN2S. The average molecular weight is 317 g/mol. The van der Waals surface area contributed by atoms with Gasteiger partial charge in [-0.25, -0.2) is 0 Å². The van der Waals surface area contributed by atoms with Crippen LogP contribution >= 0.6 is 22.9 Å². The number of hydrogen-bond acceptors (Lipinski definition) is 3. The number of hydrazine groups is 1. The van der Waals surface area contributed by atoms with E-state index >= 15 is 0 Å². The van der Waals surface area contributed by atoms with Crippen molar-refractivity contribution in [3.63, 3.8) is 0 Å². The highest BCUT2D eigenvalue weighted by atomic mass is 35.5. The summed E-state index contributed by atoms with van der Waals surface area (Å²) in [5.41, 5.74) is 6.40. The van der Waals surface area contributed by atoms with Gasteiger partial charge in [-0.1, -0.05) is 41.9 Å². The molecule has 1 heterocycles. The fourth-order valence-electron chi connectivity index (χ4n) is 2.58. The van der Waals surface area contributed by atoms with Crippen LogP contribution in [0.5, 0.6) is 0 Å². The summed E-state index contributed by atoms with van der Waals surface area (Å²) in [7, 11) is 0. The average Bonchev–Trinajstić information content (AvgIpc) is 2.89. The third kappa shape index (κ3) is 2.97. The quantitative estimate of drug-likeness (QED) is 0.545. The van der Waals surface area contributed by atoms with E-state index in [0.717, 1.165) is 22.6 Å². The van der Waals surface area contributed by atoms with Crippen molar-refractivity contribution in [1.29, 1.82) is 0 Å². The molecule has 0 saturated carbocycles. The lowest BCUT2D eigenvalue weighted by molar-refractivity contribution is 0.554. The number of benzene rings is 2. The Hall–Kier alpha value is -1.39. The van der Waals surface area contributed by atoms with E-state index in [4.69, 9.17) is 17.4 Å². The van der Waals surface area contributed by atoms with E-state index in [1.54, 1.807) is 11.3 Å². The van der Waals surface area contributed by atoms with Gasteiger partial charge in [0.15, 0.2) is 0 Å². The van der Waals surface area contributed by atoms with Gasteiger partial charge in [0.1, 0.15) is 0 Å². The van der Waals surface area contributed by atoms with Gasteiger partial charge in [-0.05, 0) is 52.9 Å². The Bertz CT molecular complexity index is 766. The number of nitrogens with two attached hydrogens (primary N) is 1. The molecule has 0 fully saturated rings. The number of halogens is 1. The molecule has 0 aliphatic rings. The van der Waals surface area contributed by atoms with Gasteiger partial charge in [-0.15, -0.1) is 11.3 Å². The number of hydrogen-bond donors (Lipinski definition) is 2. The minimum absolute atomic E-state index is 0.0103. The van der Waals surface area contributed by atoms with Crippen LogP contribution in [0, 0.1) is 6.92 Å². The lowest BCUT2D eigenvalue weighted by atomic mass is 9.98. The minimum atomic E-state index is 0.0103. The highest BCUT2D eigenvalue weighted by Gasteiger charge is 2.16. The number of nitrogens with one attached hydrogen (secondary N) is 1. The van der Waals surface area contributed by atoms with Crippen molar-refractivity contribution in [3.8, 4) is 0 Å². The second-order valence-electron chi connectivity index (χ2n) is 5.21. The fraction of sp³-hybridized carbons (Fsp3) is 0.176. The largest absolute Gasteiger partial charge is 0.271 e. The SMILES string of the molecule is Cc1ccc(C(Cc2csc3ccccc23)NN)c(Cl)c1. The summed E-state index contributed by atoms with van der Waals surface area (Å²) < 4.78 is 1.30. The lowest BCUT2D eigenvalue weighted by Crippen LogP contribution is -2.29. The highest BCUT2D eigenvalue weighted by molar-refractivity contribution is 7.17. The summed E-state index contributed by atoms with van der Waals surface area (Å²) in [6.45, 7) is 2.03. The zero-order chi connectivity index (χ0) is 14.8. The molecule has 0 radical (unpaired) electrons. The third-order valence-electron chi connectivity index (χ3n) is 3.72. The molecule has 3 N–H and O–H groups in total. The summed E-state index contributed by atoms with van der Waals surface area (Å²) in [6, 6.07) is 14.6. The van der Waals surface area contributed by atoms with E-state index in [0.29, 0.717) is 0 Å². The Kier molecular flexibility index (Phi) is 4.27. The summed E-state index contributed by atoms with van der Waals surface area (Å²) in [6.07, 6.45) is 0.823. The van der Waals surface area contributed by atoms with Gasteiger partial charge < -0.3 is 0 Å². The van der Waals surface area contributed by atoms with Crippen molar-refractivity contribution in [3.05, 3.63) is 69.6 Å². The molecular weight excluding hydrogens is 300 g/mol. The first-order valence-electron chi connectivity index (χ1n) is 6.86. The van der Waals surface area contributed by atoms with Crippen LogP contribution in [0.25, 0.3) is 10.1 Å². The van der Waals surface area contributed by atoms with Crippen molar-refractivity contribution in [1.82, 2.24) is 5.43 Å². The molecule has 3 aromatic rings. The molecule has 0 bridgehead atoms. The molecule has 0 spiro atoms. The minimum Gasteiger partial charge on any atom is -0.271 e. The van der Waals surface area contributed by atoms with Gasteiger partial charge >= 0.3 is 0 Å². The Morgan fingerprint density at radius 2 is 2.05 bits per heavy atom. The van der Waals surface area contributed by atoms with Crippen LogP contribution in [-0.4, -0.2) is 0 Å². The van der Waals surface area contributed by atoms with Crippen molar-refractivity contribution < 1.29 is 0 Å². The van der Waals surface area contributed by atoms with Crippen molar-refractivity contribution in [2.24, 2.45) is 5.84 Å². The fourth-order valence-corrected chi connectivity index (χ4v) is 3.93. The molecule has 1 aromatic heterocycles. The Labute approximate surface area is 133 Å². The van der Waals surface area contributed by atoms with E-state index in [1.807, 2.05) is 13.0 Å². The molecule has 108 valence electrons. The van der Waals surface area contributed by atoms with Gasteiger partial charge in [0.2, 0.25) is 0 Å². The highest BCUT2D eigenvalue weighted by Crippen LogP contribution is 2.31. The molecule has 0 amide bonds. The van der Waals surface area contributed by atoms with Crippen LogP contribution in [0.2, 0.25) is 5.02 Å². The second kappa shape index (κ2) is 6.16. The Morgan fingerprint density at radius 1 is 1.24 bits per heavy atom. The maximum atomic E-state index is 6.37. The van der Waals surface area contributed by atoms with Crippen LogP contribution in [0.4, 0.5) is 0 Å². The van der Waals surface area contributed by atoms with Crippen LogP contribution in [0.3, 0.4) is 0 Å². The topological polar surface area (TPSA) is 38.0 Å². The molecule has 0 saturated heterocycles. The zero-order valence-corrected chi connectivity index (χ0v) is 13.3. The van der Waals surface area contributed by atoms with E-state index < -0.39 is 0 Å². The molecule has 3 rings (SSSR count). The molecule has 2 nitrogen and oxygen atoms in total. The molecule has 1 unspecified atom stereocenters. The normalized spacial score (nSPS) is 12.7. The van der Waals surface area contributed by atoms with Crippen LogP contribution in [-0.2, 0) is 6.42 Å². The number of thiophene rings is 1. The molecule has 2 aromatic carbocycles. The van der Waals surface area contributed by atoms with E-state index in [9.17, 15) is 0 Å². The number of aryl methyl sites for hydroxylation is 1. The first-order chi connectivity index (χ1) is 10.2. The Morgan fingerprint density at radius 3 is 2.81 bits per heavy atom. The van der Waals surface area contributed by atoms with Crippen molar-refractivity contribution in [2.45, 2.75) is 19.4 Å². The standard InChI is InChI=1S/C17H17ClN2S/c1-11-6-7-14(15(18)8-11)16(20-19)9-12-10-21-17-5-3-2-4-13(12)17/h2-8,10,16,20H,9,19H2,1H3. The first-order valence-corrected chi connectivity index (χ1v) is 8.12. The Balaban J connectivity index is 1.94. The maximum absolute atomic E-state index is 6.37. The summed E-state index contributed by atoms with van der Waals surface area (Å²) >= 11 is 8.14. The van der Waals surface area contributed by atoms with Gasteiger partial charge in [0, 0.05) is 9.72 Å². The van der Waals surface area contributed by atoms with Gasteiger partial charge in [0.05, 0.1) is 6.04 Å². The van der Waals surface area contributed by atoms with Gasteiger partial charge in [-0.2, -0.15) is 0 Å². The predicted octanol–water partition coefficient (Wildman–Crippen LogP) is 4.61. The molecule has 21 heavy (non-hydrogen) atoms. The van der Waals surface area contributed by atoms with E-state index in [2.05, 4.69) is 47.2 Å². The molecule has 1 atom stereocenters. The zero-order valence-electron chi connectivity index (χ0n) is 11.8. The second-order valence-corrected chi connectivity index (χ2v) is 6.52. The summed E-state index contributed by atoms with van der Waals surface area (Å²) in [5.74, 6) is 5.77. The third-order valence-corrected chi connectivity index (χ3v) is 5.06. The number of rotatable bonds is 4. The molecule has 0 aliphatic heterocycles. The van der Waals surface area contributed by atoms with Gasteiger partial charge in [-0.3, -0.25) is 11.3 Å². The van der Waals surface area contributed by atoms with Gasteiger partial charge in [0.25, 0.3) is 0 Å². The van der Waals surface area contributed by atoms with Crippen LogP contribution in [0.15, 0.2) is 47.8 Å². The van der Waals surface area contributed by atoms with E-state index in [1.165, 1.54) is 15.6 Å². The lowest BCUT2D eigenvalue weighted by Gasteiger charge is -2.18. The van der Waals surface area contributed by atoms with Crippen LogP contribution in [0.1, 0.15) is 22.7 Å².